The van der Waals surface area contributed by atoms with Gasteiger partial charge in [-0.15, -0.1) is 0 Å². The molecular weight excluding hydrogens is 418 g/mol. The fourth-order valence-corrected chi connectivity index (χ4v) is 7.99. The SMILES string of the molecule is COc1ccc(C)c2sc(N(Cc3cccnc3)C(=O)C34CC5CC(CC(C5)C3)C4)nc12. The molecule has 166 valence electrons. The van der Waals surface area contributed by atoms with Crippen LogP contribution in [-0.4, -0.2) is 23.0 Å². The van der Waals surface area contributed by atoms with Crippen LogP contribution in [0.1, 0.15) is 49.7 Å². The van der Waals surface area contributed by atoms with Crippen molar-refractivity contribution in [2.24, 2.45) is 23.2 Å². The van der Waals surface area contributed by atoms with Crippen LogP contribution in [0, 0.1) is 30.1 Å². The number of methoxy groups -OCH3 is 1. The summed E-state index contributed by atoms with van der Waals surface area (Å²) in [6.45, 7) is 2.60. The van der Waals surface area contributed by atoms with E-state index in [0.29, 0.717) is 6.54 Å². The zero-order valence-electron chi connectivity index (χ0n) is 18.7. The highest BCUT2D eigenvalue weighted by molar-refractivity contribution is 7.22. The van der Waals surface area contributed by atoms with Gasteiger partial charge in [-0.3, -0.25) is 14.7 Å². The Bertz CT molecular complexity index is 1140. The summed E-state index contributed by atoms with van der Waals surface area (Å²) < 4.78 is 6.68. The van der Waals surface area contributed by atoms with Crippen LogP contribution in [0.3, 0.4) is 0 Å². The molecule has 5 nitrogen and oxygen atoms in total. The van der Waals surface area contributed by atoms with Crippen LogP contribution in [0.25, 0.3) is 10.2 Å². The molecule has 32 heavy (non-hydrogen) atoms. The van der Waals surface area contributed by atoms with Crippen molar-refractivity contribution in [3.63, 3.8) is 0 Å². The maximum Gasteiger partial charge on any atom is 0.235 e. The number of benzene rings is 1. The number of hydrogen-bond acceptors (Lipinski definition) is 5. The van der Waals surface area contributed by atoms with E-state index in [0.717, 1.165) is 69.2 Å². The number of carbonyl (C=O) groups is 1. The normalized spacial score (nSPS) is 28.2. The Balaban J connectivity index is 1.44. The number of fused-ring (bicyclic) bond motifs is 1. The van der Waals surface area contributed by atoms with Crippen molar-refractivity contribution in [2.75, 3.05) is 12.0 Å². The zero-order valence-corrected chi connectivity index (χ0v) is 19.5. The summed E-state index contributed by atoms with van der Waals surface area (Å²) in [5.41, 5.74) is 2.83. The molecule has 1 amide bonds. The van der Waals surface area contributed by atoms with Crippen LogP contribution in [0.5, 0.6) is 5.75 Å². The zero-order chi connectivity index (χ0) is 21.9. The first-order chi connectivity index (χ1) is 15.5. The number of carbonyl (C=O) groups excluding carboxylic acids is 1. The molecule has 0 unspecified atom stereocenters. The molecule has 1 aromatic carbocycles. The second kappa shape index (κ2) is 7.55. The fourth-order valence-electron chi connectivity index (χ4n) is 6.94. The van der Waals surface area contributed by atoms with E-state index in [2.05, 4.69) is 18.0 Å². The summed E-state index contributed by atoms with van der Waals surface area (Å²) in [7, 11) is 1.68. The number of hydrogen-bond donors (Lipinski definition) is 0. The largest absolute Gasteiger partial charge is 0.494 e. The van der Waals surface area contributed by atoms with Crippen molar-refractivity contribution in [3.05, 3.63) is 47.8 Å². The Hall–Kier alpha value is -2.47. The molecule has 0 atom stereocenters. The van der Waals surface area contributed by atoms with Crippen LogP contribution in [-0.2, 0) is 11.3 Å². The third kappa shape index (κ3) is 3.22. The second-order valence-electron chi connectivity index (χ2n) is 10.2. The molecule has 6 heteroatoms. The van der Waals surface area contributed by atoms with Crippen LogP contribution >= 0.6 is 11.3 Å². The molecule has 7 rings (SSSR count). The van der Waals surface area contributed by atoms with Crippen molar-refractivity contribution in [3.8, 4) is 5.75 Å². The first-order valence-corrected chi connectivity index (χ1v) is 12.5. The number of amides is 1. The maximum atomic E-state index is 14.4. The van der Waals surface area contributed by atoms with Gasteiger partial charge in [0.2, 0.25) is 5.91 Å². The summed E-state index contributed by atoms with van der Waals surface area (Å²) in [4.78, 5) is 25.6. The Morgan fingerprint density at radius 2 is 1.88 bits per heavy atom. The number of pyridine rings is 1. The molecular formula is C26H29N3O2S. The second-order valence-corrected chi connectivity index (χ2v) is 11.2. The van der Waals surface area contributed by atoms with Gasteiger partial charge in [0.05, 0.1) is 23.8 Å². The molecule has 2 aromatic heterocycles. The smallest absolute Gasteiger partial charge is 0.235 e. The summed E-state index contributed by atoms with van der Waals surface area (Å²) >= 11 is 1.61. The minimum Gasteiger partial charge on any atom is -0.494 e. The van der Waals surface area contributed by atoms with Gasteiger partial charge < -0.3 is 4.74 Å². The van der Waals surface area contributed by atoms with Crippen LogP contribution < -0.4 is 9.64 Å². The first kappa shape index (κ1) is 20.2. The maximum absolute atomic E-state index is 14.4. The lowest BCUT2D eigenvalue weighted by molar-refractivity contribution is -0.143. The quantitative estimate of drug-likeness (QED) is 0.499. The van der Waals surface area contributed by atoms with Crippen molar-refractivity contribution in [1.82, 2.24) is 9.97 Å². The first-order valence-electron chi connectivity index (χ1n) is 11.7. The van der Waals surface area contributed by atoms with Crippen LogP contribution in [0.15, 0.2) is 36.7 Å². The summed E-state index contributed by atoms with van der Waals surface area (Å²) in [5, 5.41) is 0.775. The van der Waals surface area contributed by atoms with Gasteiger partial charge in [-0.2, -0.15) is 0 Å². The highest BCUT2D eigenvalue weighted by Gasteiger charge is 2.56. The van der Waals surface area contributed by atoms with Crippen molar-refractivity contribution >= 4 is 32.6 Å². The predicted molar refractivity (Wildman–Crippen MR) is 127 cm³/mol. The molecule has 4 saturated carbocycles. The summed E-state index contributed by atoms with van der Waals surface area (Å²) in [5.74, 6) is 3.21. The van der Waals surface area contributed by atoms with E-state index in [1.807, 2.05) is 29.3 Å². The molecule has 0 spiro atoms. The van der Waals surface area contributed by atoms with Gasteiger partial charge in [0.15, 0.2) is 5.13 Å². The van der Waals surface area contributed by atoms with Gasteiger partial charge in [-0.05, 0) is 86.5 Å². The van der Waals surface area contributed by atoms with Crippen molar-refractivity contribution in [2.45, 2.75) is 52.0 Å². The minimum atomic E-state index is -0.214. The minimum absolute atomic E-state index is 0.214. The Morgan fingerprint density at radius 3 is 2.50 bits per heavy atom. The van der Waals surface area contributed by atoms with E-state index >= 15 is 0 Å². The van der Waals surface area contributed by atoms with Crippen molar-refractivity contribution < 1.29 is 9.53 Å². The van der Waals surface area contributed by atoms with E-state index in [4.69, 9.17) is 9.72 Å². The van der Waals surface area contributed by atoms with E-state index in [-0.39, 0.29) is 11.3 Å². The van der Waals surface area contributed by atoms with Gasteiger partial charge in [-0.1, -0.05) is 23.5 Å². The number of aromatic nitrogens is 2. The molecule has 0 saturated heterocycles. The summed E-state index contributed by atoms with van der Waals surface area (Å²) in [6, 6.07) is 8.02. The highest BCUT2D eigenvalue weighted by Crippen LogP contribution is 2.61. The number of ether oxygens (including phenoxy) is 1. The Morgan fingerprint density at radius 1 is 1.16 bits per heavy atom. The predicted octanol–water partition coefficient (Wildman–Crippen LogP) is 5.76. The number of aryl methyl sites for hydroxylation is 1. The topological polar surface area (TPSA) is 55.3 Å². The number of nitrogens with zero attached hydrogens (tertiary/aromatic N) is 3. The lowest BCUT2D eigenvalue weighted by atomic mass is 9.49. The lowest BCUT2D eigenvalue weighted by Crippen LogP contribution is -2.54. The van der Waals surface area contributed by atoms with Gasteiger partial charge in [-0.25, -0.2) is 4.98 Å². The molecule has 4 aliphatic carbocycles. The lowest BCUT2D eigenvalue weighted by Gasteiger charge is -2.56. The molecule has 0 radical (unpaired) electrons. The molecule has 4 fully saturated rings. The molecule has 3 aromatic rings. The average Bonchev–Trinajstić information content (AvgIpc) is 3.23. The molecule has 4 bridgehead atoms. The van der Waals surface area contributed by atoms with E-state index in [1.54, 1.807) is 24.6 Å². The van der Waals surface area contributed by atoms with Gasteiger partial charge in [0, 0.05) is 12.4 Å². The number of rotatable bonds is 5. The molecule has 0 aliphatic heterocycles. The Kier molecular flexibility index (Phi) is 4.75. The van der Waals surface area contributed by atoms with Crippen molar-refractivity contribution in [1.29, 1.82) is 0 Å². The van der Waals surface area contributed by atoms with E-state index in [1.165, 1.54) is 19.3 Å². The third-order valence-electron chi connectivity index (χ3n) is 7.94. The van der Waals surface area contributed by atoms with E-state index in [9.17, 15) is 4.79 Å². The monoisotopic (exact) mass is 447 g/mol. The average molecular weight is 448 g/mol. The van der Waals surface area contributed by atoms with Gasteiger partial charge in [0.25, 0.3) is 0 Å². The van der Waals surface area contributed by atoms with Gasteiger partial charge in [0.1, 0.15) is 11.3 Å². The Labute approximate surface area is 192 Å². The summed E-state index contributed by atoms with van der Waals surface area (Å²) in [6.07, 6.45) is 10.8. The van der Waals surface area contributed by atoms with E-state index < -0.39 is 0 Å². The molecule has 2 heterocycles. The van der Waals surface area contributed by atoms with Crippen LogP contribution in [0.4, 0.5) is 5.13 Å². The molecule has 4 aliphatic rings. The number of thiazole rings is 1. The third-order valence-corrected chi connectivity index (χ3v) is 9.16. The highest BCUT2D eigenvalue weighted by atomic mass is 32.1. The van der Waals surface area contributed by atoms with Crippen LogP contribution in [0.2, 0.25) is 0 Å². The standard InChI is InChI=1S/C26H29N3O2S/c1-16-5-6-21(31-2)22-23(16)32-25(28-22)29(15-17-4-3-7-27-14-17)24(30)26-11-18-8-19(12-26)10-20(9-18)13-26/h3-7,14,18-20H,8-13,15H2,1-2H3. The number of anilines is 1. The van der Waals surface area contributed by atoms with Gasteiger partial charge >= 0.3 is 0 Å². The fraction of sp³-hybridized carbons (Fsp3) is 0.500. The molecule has 0 N–H and O–H groups in total.